The lowest BCUT2D eigenvalue weighted by Crippen LogP contribution is -2.27. The third kappa shape index (κ3) is 4.34. The van der Waals surface area contributed by atoms with Crippen molar-refractivity contribution in [3.63, 3.8) is 0 Å². The van der Waals surface area contributed by atoms with E-state index in [2.05, 4.69) is 5.32 Å². The average Bonchev–Trinajstić information content (AvgIpc) is 2.32. The lowest BCUT2D eigenvalue weighted by molar-refractivity contribution is 0.0838. The van der Waals surface area contributed by atoms with E-state index in [-0.39, 0.29) is 19.1 Å². The number of carbonyl (C=O) groups is 1. The Morgan fingerprint density at radius 3 is 2.94 bits per heavy atom. The molecule has 0 aliphatic carbocycles. The van der Waals surface area contributed by atoms with Gasteiger partial charge in [-0.1, -0.05) is 23.7 Å². The van der Waals surface area contributed by atoms with E-state index in [1.807, 2.05) is 13.0 Å². The Bertz CT molecular complexity index is 382. The van der Waals surface area contributed by atoms with Crippen molar-refractivity contribution in [1.82, 2.24) is 5.32 Å². The number of hydrogen-bond acceptors (Lipinski definition) is 3. The molecule has 17 heavy (non-hydrogen) atoms. The highest BCUT2D eigenvalue weighted by Crippen LogP contribution is 2.19. The fourth-order valence-corrected chi connectivity index (χ4v) is 1.53. The second-order valence-corrected chi connectivity index (χ2v) is 3.91. The Hall–Kier alpha value is -1.10. The molecule has 0 bridgehead atoms. The van der Waals surface area contributed by atoms with E-state index in [0.717, 1.165) is 5.56 Å². The molecule has 94 valence electrons. The van der Waals surface area contributed by atoms with Gasteiger partial charge in [-0.05, 0) is 18.6 Å². The molecule has 0 unspecified atom stereocenters. The van der Waals surface area contributed by atoms with E-state index < -0.39 is 0 Å². The number of ether oxygens (including phenoxy) is 1. The first-order valence-corrected chi connectivity index (χ1v) is 5.76. The molecule has 0 radical (unpaired) electrons. The summed E-state index contributed by atoms with van der Waals surface area (Å²) in [6.07, 6.45) is 0. The van der Waals surface area contributed by atoms with E-state index in [1.165, 1.54) is 0 Å². The van der Waals surface area contributed by atoms with Crippen LogP contribution in [-0.4, -0.2) is 37.4 Å². The summed E-state index contributed by atoms with van der Waals surface area (Å²) in [4.78, 5) is 11.7. The quantitative estimate of drug-likeness (QED) is 0.757. The van der Waals surface area contributed by atoms with Gasteiger partial charge >= 0.3 is 0 Å². The molecule has 1 aromatic rings. The molecule has 1 rings (SSSR count). The van der Waals surface area contributed by atoms with Gasteiger partial charge in [0.25, 0.3) is 5.91 Å². The maximum absolute atomic E-state index is 11.7. The van der Waals surface area contributed by atoms with Gasteiger partial charge in [0.2, 0.25) is 0 Å². The van der Waals surface area contributed by atoms with Crippen LogP contribution >= 0.6 is 11.6 Å². The standard InChI is InChI=1S/C12H16ClNO3/c1-9-3-2-4-10(11(9)13)12(16)14-5-7-17-8-6-15/h2-4,15H,5-8H2,1H3,(H,14,16). The van der Waals surface area contributed by atoms with Gasteiger partial charge in [0.05, 0.1) is 30.4 Å². The minimum atomic E-state index is -0.216. The van der Waals surface area contributed by atoms with Crippen molar-refractivity contribution < 1.29 is 14.6 Å². The number of hydrogen-bond donors (Lipinski definition) is 2. The van der Waals surface area contributed by atoms with Gasteiger partial charge in [-0.25, -0.2) is 0 Å². The fraction of sp³-hybridized carbons (Fsp3) is 0.417. The Morgan fingerprint density at radius 1 is 1.47 bits per heavy atom. The number of amides is 1. The Morgan fingerprint density at radius 2 is 2.24 bits per heavy atom. The molecular weight excluding hydrogens is 242 g/mol. The van der Waals surface area contributed by atoms with Crippen LogP contribution in [0.5, 0.6) is 0 Å². The molecule has 0 fully saturated rings. The molecule has 0 heterocycles. The molecule has 0 atom stereocenters. The number of aryl methyl sites for hydroxylation is 1. The predicted molar refractivity (Wildman–Crippen MR) is 66.4 cm³/mol. The van der Waals surface area contributed by atoms with Gasteiger partial charge < -0.3 is 15.2 Å². The zero-order chi connectivity index (χ0) is 12.7. The molecule has 4 nitrogen and oxygen atoms in total. The maximum atomic E-state index is 11.7. The lowest BCUT2D eigenvalue weighted by atomic mass is 10.1. The second-order valence-electron chi connectivity index (χ2n) is 3.53. The lowest BCUT2D eigenvalue weighted by Gasteiger charge is -2.08. The van der Waals surface area contributed by atoms with Crippen LogP contribution in [0.25, 0.3) is 0 Å². The van der Waals surface area contributed by atoms with Crippen molar-refractivity contribution in [2.24, 2.45) is 0 Å². The van der Waals surface area contributed by atoms with Gasteiger partial charge in [0.15, 0.2) is 0 Å². The number of nitrogens with one attached hydrogen (secondary N) is 1. The number of aliphatic hydroxyl groups is 1. The SMILES string of the molecule is Cc1cccc(C(=O)NCCOCCO)c1Cl. The fourth-order valence-electron chi connectivity index (χ4n) is 1.32. The first kappa shape index (κ1) is 14.0. The molecule has 0 aromatic heterocycles. The van der Waals surface area contributed by atoms with Crippen LogP contribution in [0.2, 0.25) is 5.02 Å². The van der Waals surface area contributed by atoms with Crippen molar-refractivity contribution in [3.05, 3.63) is 34.3 Å². The summed E-state index contributed by atoms with van der Waals surface area (Å²) in [5.74, 6) is -0.216. The summed E-state index contributed by atoms with van der Waals surface area (Å²) >= 11 is 6.03. The minimum Gasteiger partial charge on any atom is -0.394 e. The molecule has 0 aliphatic rings. The highest BCUT2D eigenvalue weighted by atomic mass is 35.5. The van der Waals surface area contributed by atoms with Crippen molar-refractivity contribution in [1.29, 1.82) is 0 Å². The summed E-state index contributed by atoms with van der Waals surface area (Å²) in [6.45, 7) is 2.88. The highest BCUT2D eigenvalue weighted by molar-refractivity contribution is 6.34. The van der Waals surface area contributed by atoms with Gasteiger partial charge in [0.1, 0.15) is 0 Å². The first-order chi connectivity index (χ1) is 8.16. The van der Waals surface area contributed by atoms with Crippen LogP contribution < -0.4 is 5.32 Å². The summed E-state index contributed by atoms with van der Waals surface area (Å²) in [5, 5.41) is 11.7. The van der Waals surface area contributed by atoms with Gasteiger partial charge in [0, 0.05) is 6.54 Å². The van der Waals surface area contributed by atoms with Gasteiger partial charge in [-0.2, -0.15) is 0 Å². The number of carbonyl (C=O) groups excluding carboxylic acids is 1. The van der Waals surface area contributed by atoms with E-state index in [4.69, 9.17) is 21.4 Å². The van der Waals surface area contributed by atoms with Crippen LogP contribution in [0.1, 0.15) is 15.9 Å². The van der Waals surface area contributed by atoms with Crippen LogP contribution in [-0.2, 0) is 4.74 Å². The predicted octanol–water partition coefficient (Wildman–Crippen LogP) is 1.39. The van der Waals surface area contributed by atoms with Crippen molar-refractivity contribution in [3.8, 4) is 0 Å². The topological polar surface area (TPSA) is 58.6 Å². The zero-order valence-electron chi connectivity index (χ0n) is 9.70. The molecule has 2 N–H and O–H groups in total. The van der Waals surface area contributed by atoms with E-state index in [0.29, 0.717) is 23.7 Å². The molecule has 0 saturated carbocycles. The van der Waals surface area contributed by atoms with E-state index in [1.54, 1.807) is 12.1 Å². The molecular formula is C12H16ClNO3. The summed E-state index contributed by atoms with van der Waals surface area (Å²) in [5.41, 5.74) is 1.34. The van der Waals surface area contributed by atoms with E-state index in [9.17, 15) is 4.79 Å². The summed E-state index contributed by atoms with van der Waals surface area (Å²) in [6, 6.07) is 5.32. The van der Waals surface area contributed by atoms with Crippen LogP contribution in [0, 0.1) is 6.92 Å². The molecule has 5 heteroatoms. The minimum absolute atomic E-state index is 0.0162. The second kappa shape index (κ2) is 7.27. The number of halogens is 1. The van der Waals surface area contributed by atoms with Crippen molar-refractivity contribution in [2.75, 3.05) is 26.4 Å². The molecule has 1 amide bonds. The molecule has 0 aliphatic heterocycles. The highest BCUT2D eigenvalue weighted by Gasteiger charge is 2.10. The number of rotatable bonds is 6. The normalized spacial score (nSPS) is 10.3. The van der Waals surface area contributed by atoms with Gasteiger partial charge in [-0.3, -0.25) is 4.79 Å². The van der Waals surface area contributed by atoms with Crippen molar-refractivity contribution >= 4 is 17.5 Å². The number of aliphatic hydroxyl groups excluding tert-OH is 1. The Balaban J connectivity index is 2.44. The third-order valence-corrected chi connectivity index (χ3v) is 2.71. The van der Waals surface area contributed by atoms with Crippen LogP contribution in [0.3, 0.4) is 0 Å². The van der Waals surface area contributed by atoms with E-state index >= 15 is 0 Å². The Kier molecular flexibility index (Phi) is 5.97. The van der Waals surface area contributed by atoms with Crippen LogP contribution in [0.4, 0.5) is 0 Å². The van der Waals surface area contributed by atoms with Gasteiger partial charge in [-0.15, -0.1) is 0 Å². The largest absolute Gasteiger partial charge is 0.394 e. The molecule has 0 saturated heterocycles. The third-order valence-electron chi connectivity index (χ3n) is 2.20. The van der Waals surface area contributed by atoms with Crippen molar-refractivity contribution in [2.45, 2.75) is 6.92 Å². The molecule has 1 aromatic carbocycles. The maximum Gasteiger partial charge on any atom is 0.252 e. The summed E-state index contributed by atoms with van der Waals surface area (Å²) in [7, 11) is 0. The summed E-state index contributed by atoms with van der Waals surface area (Å²) < 4.78 is 5.03. The Labute approximate surface area is 106 Å². The first-order valence-electron chi connectivity index (χ1n) is 5.38. The smallest absolute Gasteiger partial charge is 0.252 e. The number of benzene rings is 1. The molecule has 0 spiro atoms. The van der Waals surface area contributed by atoms with Crippen LogP contribution in [0.15, 0.2) is 18.2 Å². The average molecular weight is 258 g/mol. The zero-order valence-corrected chi connectivity index (χ0v) is 10.5. The monoisotopic (exact) mass is 257 g/mol.